The number of nitrogens with zero attached hydrogens (tertiary/aromatic N) is 2. The van der Waals surface area contributed by atoms with Gasteiger partial charge >= 0.3 is 0 Å². The second-order valence-corrected chi connectivity index (χ2v) is 5.03. The van der Waals surface area contributed by atoms with E-state index >= 15 is 0 Å². The molecule has 1 aromatic carbocycles. The van der Waals surface area contributed by atoms with E-state index in [0.717, 1.165) is 15.6 Å². The standard InChI is InChI=1S/C13H15BrFN3O/c14-13-2-1-12(15)5-11(13)8-16-6-10-7-17-18(9-10)3-4-19/h1-2,5,7,9,16,19H,3-4,6,8H2. The number of hydrogen-bond acceptors (Lipinski definition) is 3. The Morgan fingerprint density at radius 3 is 3.00 bits per heavy atom. The van der Waals surface area contributed by atoms with Crippen LogP contribution in [0.4, 0.5) is 4.39 Å². The van der Waals surface area contributed by atoms with E-state index in [1.165, 1.54) is 12.1 Å². The average molecular weight is 328 g/mol. The molecule has 0 radical (unpaired) electrons. The lowest BCUT2D eigenvalue weighted by Crippen LogP contribution is -2.13. The normalized spacial score (nSPS) is 10.9. The molecule has 0 saturated heterocycles. The largest absolute Gasteiger partial charge is 0.394 e. The third kappa shape index (κ3) is 4.12. The minimum atomic E-state index is -0.240. The van der Waals surface area contributed by atoms with Crippen molar-refractivity contribution in [3.8, 4) is 0 Å². The monoisotopic (exact) mass is 327 g/mol. The van der Waals surface area contributed by atoms with E-state index in [1.807, 2.05) is 6.20 Å². The Hall–Kier alpha value is -1.24. The summed E-state index contributed by atoms with van der Waals surface area (Å²) in [6.07, 6.45) is 3.63. The molecule has 0 aliphatic rings. The first kappa shape index (κ1) is 14.2. The summed E-state index contributed by atoms with van der Waals surface area (Å²) in [4.78, 5) is 0. The molecule has 0 aliphatic carbocycles. The minimum absolute atomic E-state index is 0.0742. The summed E-state index contributed by atoms with van der Waals surface area (Å²) in [6.45, 7) is 1.79. The van der Waals surface area contributed by atoms with Gasteiger partial charge in [-0.25, -0.2) is 4.39 Å². The lowest BCUT2D eigenvalue weighted by Gasteiger charge is -2.06. The number of benzene rings is 1. The number of aliphatic hydroxyl groups excluding tert-OH is 1. The second kappa shape index (κ2) is 6.79. The summed E-state index contributed by atoms with van der Waals surface area (Å²) in [6, 6.07) is 4.63. The van der Waals surface area contributed by atoms with E-state index in [0.29, 0.717) is 19.6 Å². The van der Waals surface area contributed by atoms with Gasteiger partial charge < -0.3 is 10.4 Å². The predicted octanol–water partition coefficient (Wildman–Crippen LogP) is 2.07. The zero-order valence-corrected chi connectivity index (χ0v) is 11.9. The SMILES string of the molecule is OCCn1cc(CNCc2cc(F)ccc2Br)cn1. The first-order valence-electron chi connectivity index (χ1n) is 5.96. The third-order valence-corrected chi connectivity index (χ3v) is 3.44. The van der Waals surface area contributed by atoms with E-state index in [9.17, 15) is 4.39 Å². The van der Waals surface area contributed by atoms with Crippen molar-refractivity contribution in [2.75, 3.05) is 6.61 Å². The fourth-order valence-corrected chi connectivity index (χ4v) is 2.13. The van der Waals surface area contributed by atoms with Crippen molar-refractivity contribution in [2.45, 2.75) is 19.6 Å². The average Bonchev–Trinajstić information content (AvgIpc) is 2.82. The molecule has 0 atom stereocenters. The summed E-state index contributed by atoms with van der Waals surface area (Å²) >= 11 is 3.39. The van der Waals surface area contributed by atoms with Crippen LogP contribution in [0.3, 0.4) is 0 Å². The predicted molar refractivity (Wildman–Crippen MR) is 74.0 cm³/mol. The Kier molecular flexibility index (Phi) is 5.07. The molecular formula is C13H15BrFN3O. The van der Waals surface area contributed by atoms with Gasteiger partial charge in [0.05, 0.1) is 19.3 Å². The molecule has 2 N–H and O–H groups in total. The number of nitrogens with one attached hydrogen (secondary N) is 1. The number of aliphatic hydroxyl groups is 1. The summed E-state index contributed by atoms with van der Waals surface area (Å²) in [7, 11) is 0. The van der Waals surface area contributed by atoms with Crippen LogP contribution < -0.4 is 5.32 Å². The summed E-state index contributed by atoms with van der Waals surface area (Å²) in [5.41, 5.74) is 1.91. The molecular weight excluding hydrogens is 313 g/mol. The van der Waals surface area contributed by atoms with Crippen molar-refractivity contribution in [3.63, 3.8) is 0 Å². The number of hydrogen-bond donors (Lipinski definition) is 2. The molecule has 0 bridgehead atoms. The van der Waals surface area contributed by atoms with Crippen molar-refractivity contribution in [2.24, 2.45) is 0 Å². The molecule has 6 heteroatoms. The lowest BCUT2D eigenvalue weighted by atomic mass is 10.2. The van der Waals surface area contributed by atoms with Gasteiger partial charge in [-0.3, -0.25) is 4.68 Å². The van der Waals surface area contributed by atoms with Crippen molar-refractivity contribution in [3.05, 3.63) is 52.0 Å². The van der Waals surface area contributed by atoms with Gasteiger partial charge in [0.15, 0.2) is 0 Å². The minimum Gasteiger partial charge on any atom is -0.394 e. The van der Waals surface area contributed by atoms with E-state index in [-0.39, 0.29) is 12.4 Å². The van der Waals surface area contributed by atoms with Crippen LogP contribution in [0.2, 0.25) is 0 Å². The van der Waals surface area contributed by atoms with E-state index in [2.05, 4.69) is 26.3 Å². The Morgan fingerprint density at radius 2 is 2.21 bits per heavy atom. The van der Waals surface area contributed by atoms with Gasteiger partial charge in [0.1, 0.15) is 5.82 Å². The molecule has 0 aliphatic heterocycles. The van der Waals surface area contributed by atoms with Crippen LogP contribution in [0.25, 0.3) is 0 Å². The molecule has 2 aromatic rings. The molecule has 0 saturated carbocycles. The number of rotatable bonds is 6. The topological polar surface area (TPSA) is 50.1 Å². The quantitative estimate of drug-likeness (QED) is 0.854. The maximum absolute atomic E-state index is 13.1. The maximum Gasteiger partial charge on any atom is 0.123 e. The Balaban J connectivity index is 1.87. The highest BCUT2D eigenvalue weighted by molar-refractivity contribution is 9.10. The highest BCUT2D eigenvalue weighted by atomic mass is 79.9. The van der Waals surface area contributed by atoms with Crippen LogP contribution >= 0.6 is 15.9 Å². The Bertz CT molecular complexity index is 544. The molecule has 1 heterocycles. The molecule has 0 unspecified atom stereocenters. The zero-order valence-electron chi connectivity index (χ0n) is 10.3. The highest BCUT2D eigenvalue weighted by Gasteiger charge is 2.02. The van der Waals surface area contributed by atoms with Crippen LogP contribution in [0.1, 0.15) is 11.1 Å². The Labute approximate surface area is 119 Å². The third-order valence-electron chi connectivity index (χ3n) is 2.67. The van der Waals surface area contributed by atoms with E-state index < -0.39 is 0 Å². The van der Waals surface area contributed by atoms with Crippen LogP contribution in [0.5, 0.6) is 0 Å². The smallest absolute Gasteiger partial charge is 0.123 e. The van der Waals surface area contributed by atoms with Crippen molar-refractivity contribution >= 4 is 15.9 Å². The van der Waals surface area contributed by atoms with Crippen LogP contribution in [-0.4, -0.2) is 21.5 Å². The Morgan fingerprint density at radius 1 is 1.37 bits per heavy atom. The van der Waals surface area contributed by atoms with Gasteiger partial charge in [0.25, 0.3) is 0 Å². The van der Waals surface area contributed by atoms with E-state index in [1.54, 1.807) is 16.9 Å². The van der Waals surface area contributed by atoms with Gasteiger partial charge in [-0.2, -0.15) is 5.10 Å². The van der Waals surface area contributed by atoms with Crippen LogP contribution in [0, 0.1) is 5.82 Å². The lowest BCUT2D eigenvalue weighted by molar-refractivity contribution is 0.269. The summed E-state index contributed by atoms with van der Waals surface area (Å²) in [5.74, 6) is -0.240. The van der Waals surface area contributed by atoms with Gasteiger partial charge in [-0.1, -0.05) is 15.9 Å². The molecule has 4 nitrogen and oxygen atoms in total. The van der Waals surface area contributed by atoms with Gasteiger partial charge in [0, 0.05) is 29.3 Å². The number of aromatic nitrogens is 2. The molecule has 102 valence electrons. The molecule has 0 amide bonds. The van der Waals surface area contributed by atoms with Crippen molar-refractivity contribution in [1.29, 1.82) is 0 Å². The van der Waals surface area contributed by atoms with Crippen molar-refractivity contribution < 1.29 is 9.50 Å². The van der Waals surface area contributed by atoms with Gasteiger partial charge in [0.2, 0.25) is 0 Å². The van der Waals surface area contributed by atoms with Crippen molar-refractivity contribution in [1.82, 2.24) is 15.1 Å². The molecule has 19 heavy (non-hydrogen) atoms. The second-order valence-electron chi connectivity index (χ2n) is 4.17. The van der Waals surface area contributed by atoms with Crippen LogP contribution in [0.15, 0.2) is 35.1 Å². The van der Waals surface area contributed by atoms with E-state index in [4.69, 9.17) is 5.11 Å². The number of halogens is 2. The highest BCUT2D eigenvalue weighted by Crippen LogP contribution is 2.17. The molecule has 1 aromatic heterocycles. The summed E-state index contributed by atoms with van der Waals surface area (Å²) < 4.78 is 15.7. The fourth-order valence-electron chi connectivity index (χ4n) is 1.74. The summed E-state index contributed by atoms with van der Waals surface area (Å²) in [5, 5.41) is 16.1. The van der Waals surface area contributed by atoms with Gasteiger partial charge in [-0.15, -0.1) is 0 Å². The molecule has 2 rings (SSSR count). The molecule has 0 spiro atoms. The fraction of sp³-hybridized carbons (Fsp3) is 0.308. The molecule has 0 fully saturated rings. The first-order valence-corrected chi connectivity index (χ1v) is 6.75. The first-order chi connectivity index (χ1) is 9.19. The zero-order chi connectivity index (χ0) is 13.7. The maximum atomic E-state index is 13.1. The van der Waals surface area contributed by atoms with Crippen LogP contribution in [-0.2, 0) is 19.6 Å². The van der Waals surface area contributed by atoms with Gasteiger partial charge in [-0.05, 0) is 23.8 Å².